The topological polar surface area (TPSA) is 38.3 Å². The van der Waals surface area contributed by atoms with Crippen LogP contribution in [-0.4, -0.2) is 25.5 Å². The fourth-order valence-electron chi connectivity index (χ4n) is 2.30. The van der Waals surface area contributed by atoms with Crippen molar-refractivity contribution in [3.05, 3.63) is 28.3 Å². The first-order chi connectivity index (χ1) is 9.15. The Morgan fingerprint density at radius 2 is 2.20 bits per heavy atom. The molecule has 0 saturated heterocycles. The molecule has 0 aliphatic carbocycles. The average Bonchev–Trinajstić information content (AvgIpc) is 2.40. The minimum absolute atomic E-state index is 0. The number of hydrogen-bond acceptors (Lipinski definition) is 3. The van der Waals surface area contributed by atoms with Crippen molar-refractivity contribution in [2.45, 2.75) is 26.7 Å². The predicted octanol–water partition coefficient (Wildman–Crippen LogP) is 3.65. The van der Waals surface area contributed by atoms with Crippen LogP contribution < -0.4 is 10.1 Å². The van der Waals surface area contributed by atoms with Crippen molar-refractivity contribution in [1.29, 1.82) is 0 Å². The van der Waals surface area contributed by atoms with Crippen molar-refractivity contribution >= 4 is 29.8 Å². The summed E-state index contributed by atoms with van der Waals surface area (Å²) in [5.41, 5.74) is 1.59. The molecular formula is C15H21Cl2NO2. The van der Waals surface area contributed by atoms with Crippen LogP contribution in [0, 0.1) is 12.8 Å². The van der Waals surface area contributed by atoms with Crippen molar-refractivity contribution in [2.24, 2.45) is 5.92 Å². The Morgan fingerprint density at radius 3 is 2.90 bits per heavy atom. The number of ketones is 1. The van der Waals surface area contributed by atoms with Gasteiger partial charge in [-0.15, -0.1) is 12.4 Å². The monoisotopic (exact) mass is 317 g/mol. The lowest BCUT2D eigenvalue weighted by Gasteiger charge is -2.26. The molecule has 1 atom stereocenters. The summed E-state index contributed by atoms with van der Waals surface area (Å²) in [6, 6.07) is 3.65. The number of carbonyl (C=O) groups excluding carboxylic acids is 1. The van der Waals surface area contributed by atoms with E-state index in [-0.39, 0.29) is 24.1 Å². The third kappa shape index (κ3) is 3.66. The minimum Gasteiger partial charge on any atom is -0.490 e. The normalized spacial score (nSPS) is 17.1. The number of ether oxygens (including phenoxy) is 1. The van der Waals surface area contributed by atoms with Crippen LogP contribution in [0.1, 0.15) is 35.7 Å². The van der Waals surface area contributed by atoms with Gasteiger partial charge in [-0.05, 0) is 31.5 Å². The standard InChI is InChI=1S/C15H20ClNO2.ClH/c1-3-4-7-17-8-11-9-19-15-12(16)6-5-10(2)13(15)14(11)18;/h5-6,11,17H,3-4,7-9H2,1-2H3;1H. The van der Waals surface area contributed by atoms with Crippen molar-refractivity contribution in [3.8, 4) is 5.75 Å². The van der Waals surface area contributed by atoms with E-state index in [1.165, 1.54) is 0 Å². The van der Waals surface area contributed by atoms with E-state index >= 15 is 0 Å². The Morgan fingerprint density at radius 1 is 1.45 bits per heavy atom. The number of rotatable bonds is 5. The van der Waals surface area contributed by atoms with E-state index in [9.17, 15) is 4.79 Å². The van der Waals surface area contributed by atoms with Gasteiger partial charge in [-0.25, -0.2) is 0 Å². The third-order valence-corrected chi connectivity index (χ3v) is 3.76. The van der Waals surface area contributed by atoms with Crippen LogP contribution >= 0.6 is 24.0 Å². The molecule has 0 spiro atoms. The highest BCUT2D eigenvalue weighted by molar-refractivity contribution is 6.33. The van der Waals surface area contributed by atoms with E-state index in [2.05, 4.69) is 12.2 Å². The summed E-state index contributed by atoms with van der Waals surface area (Å²) in [7, 11) is 0. The molecule has 1 unspecified atom stereocenters. The van der Waals surface area contributed by atoms with Crippen molar-refractivity contribution in [1.82, 2.24) is 5.32 Å². The molecule has 20 heavy (non-hydrogen) atoms. The van der Waals surface area contributed by atoms with Gasteiger partial charge in [-0.1, -0.05) is 31.0 Å². The van der Waals surface area contributed by atoms with Gasteiger partial charge in [0.1, 0.15) is 5.75 Å². The quantitative estimate of drug-likeness (QED) is 0.842. The van der Waals surface area contributed by atoms with Crippen LogP contribution in [0.15, 0.2) is 12.1 Å². The van der Waals surface area contributed by atoms with Gasteiger partial charge in [0.25, 0.3) is 0 Å². The molecule has 0 fully saturated rings. The molecule has 1 aliphatic heterocycles. The largest absolute Gasteiger partial charge is 0.490 e. The molecular weight excluding hydrogens is 297 g/mol. The Balaban J connectivity index is 0.00000200. The molecule has 3 nitrogen and oxygen atoms in total. The molecule has 112 valence electrons. The first kappa shape index (κ1) is 17.3. The SMILES string of the molecule is CCCCNCC1COc2c(Cl)ccc(C)c2C1=O.Cl. The number of benzene rings is 1. The molecule has 0 radical (unpaired) electrons. The fourth-order valence-corrected chi connectivity index (χ4v) is 2.51. The summed E-state index contributed by atoms with van der Waals surface area (Å²) < 4.78 is 5.68. The minimum atomic E-state index is -0.110. The first-order valence-corrected chi connectivity index (χ1v) is 7.19. The van der Waals surface area contributed by atoms with Gasteiger partial charge >= 0.3 is 0 Å². The predicted molar refractivity (Wildman–Crippen MR) is 84.5 cm³/mol. The van der Waals surface area contributed by atoms with E-state index < -0.39 is 0 Å². The second kappa shape index (κ2) is 7.87. The lowest BCUT2D eigenvalue weighted by atomic mass is 9.92. The maximum absolute atomic E-state index is 12.5. The highest BCUT2D eigenvalue weighted by Crippen LogP contribution is 2.36. The van der Waals surface area contributed by atoms with Gasteiger partial charge in [-0.2, -0.15) is 0 Å². The summed E-state index contributed by atoms with van der Waals surface area (Å²) in [4.78, 5) is 12.5. The molecule has 2 rings (SSSR count). The van der Waals surface area contributed by atoms with E-state index in [0.717, 1.165) is 24.9 Å². The van der Waals surface area contributed by atoms with Crippen LogP contribution in [0.4, 0.5) is 0 Å². The first-order valence-electron chi connectivity index (χ1n) is 6.82. The van der Waals surface area contributed by atoms with E-state index in [1.54, 1.807) is 6.07 Å². The zero-order chi connectivity index (χ0) is 13.8. The number of aryl methyl sites for hydroxylation is 1. The van der Waals surface area contributed by atoms with Gasteiger partial charge in [0, 0.05) is 6.54 Å². The van der Waals surface area contributed by atoms with Gasteiger partial charge < -0.3 is 10.1 Å². The van der Waals surface area contributed by atoms with Crippen molar-refractivity contribution < 1.29 is 9.53 Å². The lowest BCUT2D eigenvalue weighted by Crippen LogP contribution is -2.37. The van der Waals surface area contributed by atoms with Crippen LogP contribution in [0.3, 0.4) is 0 Å². The third-order valence-electron chi connectivity index (χ3n) is 3.46. The fraction of sp³-hybridized carbons (Fsp3) is 0.533. The zero-order valence-electron chi connectivity index (χ0n) is 11.9. The van der Waals surface area contributed by atoms with Gasteiger partial charge in [0.15, 0.2) is 5.78 Å². The number of hydrogen-bond donors (Lipinski definition) is 1. The Hall–Kier alpha value is -0.770. The zero-order valence-corrected chi connectivity index (χ0v) is 13.4. The molecule has 0 amide bonds. The van der Waals surface area contributed by atoms with Gasteiger partial charge in [0.05, 0.1) is 23.1 Å². The van der Waals surface area contributed by atoms with E-state index in [4.69, 9.17) is 16.3 Å². The van der Waals surface area contributed by atoms with Crippen LogP contribution in [0.2, 0.25) is 5.02 Å². The molecule has 5 heteroatoms. The number of nitrogens with one attached hydrogen (secondary N) is 1. The Kier molecular flexibility index (Phi) is 6.80. The maximum Gasteiger partial charge on any atom is 0.174 e. The number of unbranched alkanes of at least 4 members (excludes halogenated alkanes) is 1. The molecule has 1 aromatic carbocycles. The summed E-state index contributed by atoms with van der Waals surface area (Å²) in [6.07, 6.45) is 2.28. The smallest absolute Gasteiger partial charge is 0.174 e. The van der Waals surface area contributed by atoms with Gasteiger partial charge in [0.2, 0.25) is 0 Å². The van der Waals surface area contributed by atoms with Gasteiger partial charge in [-0.3, -0.25) is 4.79 Å². The number of halogens is 2. The summed E-state index contributed by atoms with van der Waals surface area (Å²) in [5, 5.41) is 3.84. The molecule has 1 N–H and O–H groups in total. The number of carbonyl (C=O) groups is 1. The highest BCUT2D eigenvalue weighted by Gasteiger charge is 2.31. The van der Waals surface area contributed by atoms with Crippen molar-refractivity contribution in [3.63, 3.8) is 0 Å². The van der Waals surface area contributed by atoms with E-state index in [0.29, 0.717) is 29.5 Å². The summed E-state index contributed by atoms with van der Waals surface area (Å²) >= 11 is 6.08. The van der Waals surface area contributed by atoms with Crippen molar-refractivity contribution in [2.75, 3.05) is 19.7 Å². The second-order valence-electron chi connectivity index (χ2n) is 5.00. The van der Waals surface area contributed by atoms with Crippen LogP contribution in [0.25, 0.3) is 0 Å². The molecule has 0 bridgehead atoms. The van der Waals surface area contributed by atoms with Crippen LogP contribution in [0.5, 0.6) is 5.75 Å². The average molecular weight is 318 g/mol. The molecule has 1 heterocycles. The lowest BCUT2D eigenvalue weighted by molar-refractivity contribution is 0.0829. The number of fused-ring (bicyclic) bond motifs is 1. The molecule has 0 saturated carbocycles. The summed E-state index contributed by atoms with van der Waals surface area (Å²) in [5.74, 6) is 0.586. The number of Topliss-reactive ketones (excluding diaryl/α,β-unsaturated/α-hetero) is 1. The van der Waals surface area contributed by atoms with Crippen LogP contribution in [-0.2, 0) is 0 Å². The Labute approximate surface area is 131 Å². The summed E-state index contributed by atoms with van der Waals surface area (Å²) in [6.45, 7) is 6.10. The maximum atomic E-state index is 12.5. The Bertz CT molecular complexity index is 477. The molecule has 1 aliphatic rings. The molecule has 0 aromatic heterocycles. The van der Waals surface area contributed by atoms with E-state index in [1.807, 2.05) is 13.0 Å². The second-order valence-corrected chi connectivity index (χ2v) is 5.41. The molecule has 1 aromatic rings. The highest BCUT2D eigenvalue weighted by atomic mass is 35.5.